The van der Waals surface area contributed by atoms with Crippen LogP contribution in [0.5, 0.6) is 0 Å². The van der Waals surface area contributed by atoms with Gasteiger partial charge in [0.05, 0.1) is 0 Å². The molecule has 0 saturated heterocycles. The quantitative estimate of drug-likeness (QED) is 0.839. The molecule has 0 bridgehead atoms. The standard InChI is InChI=1S/C14H20F2N2/c1-17-13(9-18(2)8-10-6-7-10)11-4-3-5-12(15)14(11)16/h3-5,10,13,17H,6-9H2,1-2H3. The molecule has 1 N–H and O–H groups in total. The van der Waals surface area contributed by atoms with Crippen LogP contribution in [0.25, 0.3) is 0 Å². The molecular weight excluding hydrogens is 234 g/mol. The van der Waals surface area contributed by atoms with Gasteiger partial charge in [0.2, 0.25) is 0 Å². The maximum absolute atomic E-state index is 13.7. The second-order valence-corrected chi connectivity index (χ2v) is 5.15. The molecular formula is C14H20F2N2. The van der Waals surface area contributed by atoms with E-state index in [0.717, 1.165) is 18.5 Å². The van der Waals surface area contributed by atoms with E-state index in [-0.39, 0.29) is 6.04 Å². The Morgan fingerprint density at radius 3 is 2.72 bits per heavy atom. The van der Waals surface area contributed by atoms with E-state index in [2.05, 4.69) is 10.2 Å². The van der Waals surface area contributed by atoms with Crippen molar-refractivity contribution in [1.82, 2.24) is 10.2 Å². The van der Waals surface area contributed by atoms with Crippen LogP contribution in [0.1, 0.15) is 24.4 Å². The van der Waals surface area contributed by atoms with Gasteiger partial charge in [-0.15, -0.1) is 0 Å². The van der Waals surface area contributed by atoms with Crippen LogP contribution in [0.15, 0.2) is 18.2 Å². The molecule has 0 heterocycles. The van der Waals surface area contributed by atoms with E-state index in [4.69, 9.17) is 0 Å². The highest BCUT2D eigenvalue weighted by molar-refractivity contribution is 5.22. The highest BCUT2D eigenvalue weighted by Crippen LogP contribution is 2.30. The van der Waals surface area contributed by atoms with E-state index in [1.54, 1.807) is 19.2 Å². The van der Waals surface area contributed by atoms with Crippen molar-refractivity contribution >= 4 is 0 Å². The first-order valence-electron chi connectivity index (χ1n) is 6.41. The molecule has 2 nitrogen and oxygen atoms in total. The Kier molecular flexibility index (Phi) is 4.30. The summed E-state index contributed by atoms with van der Waals surface area (Å²) in [6.45, 7) is 1.72. The summed E-state index contributed by atoms with van der Waals surface area (Å²) in [4.78, 5) is 2.18. The lowest BCUT2D eigenvalue weighted by Crippen LogP contribution is -2.33. The number of halogens is 2. The zero-order chi connectivity index (χ0) is 13.1. The molecule has 0 spiro atoms. The van der Waals surface area contributed by atoms with Crippen molar-refractivity contribution in [2.45, 2.75) is 18.9 Å². The second-order valence-electron chi connectivity index (χ2n) is 5.15. The summed E-state index contributed by atoms with van der Waals surface area (Å²) in [6, 6.07) is 4.17. The minimum absolute atomic E-state index is 0.176. The molecule has 1 unspecified atom stereocenters. The number of hydrogen-bond acceptors (Lipinski definition) is 2. The Morgan fingerprint density at radius 2 is 2.11 bits per heavy atom. The lowest BCUT2D eigenvalue weighted by Gasteiger charge is -2.24. The third kappa shape index (κ3) is 3.27. The van der Waals surface area contributed by atoms with Gasteiger partial charge in [-0.3, -0.25) is 0 Å². The summed E-state index contributed by atoms with van der Waals surface area (Å²) in [7, 11) is 3.81. The number of likely N-dealkylation sites (N-methyl/N-ethyl adjacent to an activating group) is 2. The average molecular weight is 254 g/mol. The van der Waals surface area contributed by atoms with Gasteiger partial charge in [-0.05, 0) is 38.9 Å². The van der Waals surface area contributed by atoms with Crippen molar-refractivity contribution in [1.29, 1.82) is 0 Å². The molecule has 1 aromatic rings. The maximum Gasteiger partial charge on any atom is 0.163 e. The molecule has 0 aromatic heterocycles. The summed E-state index contributed by atoms with van der Waals surface area (Å²) >= 11 is 0. The molecule has 0 amide bonds. The number of nitrogens with zero attached hydrogens (tertiary/aromatic N) is 1. The van der Waals surface area contributed by atoms with Gasteiger partial charge in [-0.25, -0.2) is 8.78 Å². The van der Waals surface area contributed by atoms with Crippen molar-refractivity contribution in [2.75, 3.05) is 27.2 Å². The molecule has 1 aromatic carbocycles. The van der Waals surface area contributed by atoms with E-state index in [9.17, 15) is 8.78 Å². The minimum Gasteiger partial charge on any atom is -0.312 e. The van der Waals surface area contributed by atoms with Crippen LogP contribution in [-0.4, -0.2) is 32.1 Å². The summed E-state index contributed by atoms with van der Waals surface area (Å²) < 4.78 is 26.9. The van der Waals surface area contributed by atoms with Gasteiger partial charge in [0.1, 0.15) is 0 Å². The molecule has 18 heavy (non-hydrogen) atoms. The zero-order valence-corrected chi connectivity index (χ0v) is 10.9. The lowest BCUT2D eigenvalue weighted by molar-refractivity contribution is 0.282. The van der Waals surface area contributed by atoms with Crippen LogP contribution in [0, 0.1) is 17.6 Å². The van der Waals surface area contributed by atoms with Gasteiger partial charge in [0.15, 0.2) is 11.6 Å². The van der Waals surface area contributed by atoms with Gasteiger partial charge in [0.25, 0.3) is 0 Å². The third-order valence-corrected chi connectivity index (χ3v) is 3.47. The van der Waals surface area contributed by atoms with E-state index < -0.39 is 11.6 Å². The molecule has 0 aliphatic heterocycles. The largest absolute Gasteiger partial charge is 0.312 e. The topological polar surface area (TPSA) is 15.3 Å². The van der Waals surface area contributed by atoms with Gasteiger partial charge in [0, 0.05) is 24.7 Å². The molecule has 1 saturated carbocycles. The van der Waals surface area contributed by atoms with Crippen LogP contribution < -0.4 is 5.32 Å². The Balaban J connectivity index is 2.04. The van der Waals surface area contributed by atoms with Crippen LogP contribution >= 0.6 is 0 Å². The van der Waals surface area contributed by atoms with Gasteiger partial charge >= 0.3 is 0 Å². The smallest absolute Gasteiger partial charge is 0.163 e. The SMILES string of the molecule is CNC(CN(C)CC1CC1)c1cccc(F)c1F. The fraction of sp³-hybridized carbons (Fsp3) is 0.571. The first-order chi connectivity index (χ1) is 8.61. The lowest BCUT2D eigenvalue weighted by atomic mass is 10.1. The van der Waals surface area contributed by atoms with Crippen LogP contribution in [-0.2, 0) is 0 Å². The van der Waals surface area contributed by atoms with Crippen molar-refractivity contribution in [3.05, 3.63) is 35.4 Å². The fourth-order valence-corrected chi connectivity index (χ4v) is 2.26. The normalized spacial score (nSPS) is 17.2. The molecule has 1 fully saturated rings. The minimum atomic E-state index is -0.780. The predicted octanol–water partition coefficient (Wildman–Crippen LogP) is 2.57. The molecule has 1 atom stereocenters. The Morgan fingerprint density at radius 1 is 1.39 bits per heavy atom. The first-order valence-corrected chi connectivity index (χ1v) is 6.41. The fourth-order valence-electron chi connectivity index (χ4n) is 2.26. The van der Waals surface area contributed by atoms with Crippen LogP contribution in [0.2, 0.25) is 0 Å². The Hall–Kier alpha value is -1.00. The summed E-state index contributed by atoms with van der Waals surface area (Å²) in [5, 5.41) is 3.06. The van der Waals surface area contributed by atoms with Crippen LogP contribution in [0.4, 0.5) is 8.78 Å². The Labute approximate surface area is 107 Å². The average Bonchev–Trinajstić information content (AvgIpc) is 3.14. The molecule has 100 valence electrons. The van der Waals surface area contributed by atoms with Gasteiger partial charge < -0.3 is 10.2 Å². The highest BCUT2D eigenvalue weighted by atomic mass is 19.2. The summed E-state index contributed by atoms with van der Waals surface area (Å²) in [5.41, 5.74) is 0.403. The number of hydrogen-bond donors (Lipinski definition) is 1. The summed E-state index contributed by atoms with van der Waals surface area (Å²) in [6.07, 6.45) is 2.59. The van der Waals surface area contributed by atoms with Crippen molar-refractivity contribution < 1.29 is 8.78 Å². The monoisotopic (exact) mass is 254 g/mol. The number of rotatable bonds is 6. The molecule has 4 heteroatoms. The Bertz CT molecular complexity index is 405. The number of benzene rings is 1. The van der Waals surface area contributed by atoms with Crippen molar-refractivity contribution in [3.63, 3.8) is 0 Å². The predicted molar refractivity (Wildman–Crippen MR) is 68.4 cm³/mol. The molecule has 2 rings (SSSR count). The third-order valence-electron chi connectivity index (χ3n) is 3.47. The van der Waals surface area contributed by atoms with Crippen molar-refractivity contribution in [2.24, 2.45) is 5.92 Å². The highest BCUT2D eigenvalue weighted by Gasteiger charge is 2.25. The van der Waals surface area contributed by atoms with Gasteiger partial charge in [-0.1, -0.05) is 12.1 Å². The molecule has 0 radical (unpaired) electrons. The maximum atomic E-state index is 13.7. The molecule has 1 aliphatic rings. The molecule has 1 aliphatic carbocycles. The van der Waals surface area contributed by atoms with Gasteiger partial charge in [-0.2, -0.15) is 0 Å². The van der Waals surface area contributed by atoms with E-state index in [1.807, 2.05) is 7.05 Å². The zero-order valence-electron chi connectivity index (χ0n) is 10.9. The number of nitrogens with one attached hydrogen (secondary N) is 1. The van der Waals surface area contributed by atoms with Crippen LogP contribution in [0.3, 0.4) is 0 Å². The van der Waals surface area contributed by atoms with Crippen molar-refractivity contribution in [3.8, 4) is 0 Å². The second kappa shape index (κ2) is 5.76. The van der Waals surface area contributed by atoms with E-state index in [1.165, 1.54) is 12.8 Å². The summed E-state index contributed by atoms with van der Waals surface area (Å²) in [5.74, 6) is -0.723. The van der Waals surface area contributed by atoms with E-state index in [0.29, 0.717) is 12.1 Å². The first kappa shape index (κ1) is 13.4. The van der Waals surface area contributed by atoms with E-state index >= 15 is 0 Å².